The van der Waals surface area contributed by atoms with Crippen molar-refractivity contribution in [2.24, 2.45) is 0 Å². The Kier molecular flexibility index (Phi) is 6.43. The lowest BCUT2D eigenvalue weighted by atomic mass is 9.75. The fourth-order valence-electron chi connectivity index (χ4n) is 7.70. The molecule has 3 nitrogen and oxygen atoms in total. The fraction of sp³-hybridized carbons (Fsp3) is 0.364. The molecule has 3 aromatic rings. The van der Waals surface area contributed by atoms with E-state index in [9.17, 15) is 0 Å². The maximum absolute atomic E-state index is 15.1. The normalized spacial score (nSPS) is 21.0. The van der Waals surface area contributed by atoms with Gasteiger partial charge in [-0.05, 0) is 45.6 Å². The van der Waals surface area contributed by atoms with Gasteiger partial charge >= 0.3 is 0 Å². The van der Waals surface area contributed by atoms with Gasteiger partial charge < -0.3 is 9.47 Å². The Labute approximate surface area is 222 Å². The molecule has 0 radical (unpaired) electrons. The zero-order valence-electron chi connectivity index (χ0n) is 23.0. The molecule has 0 aromatic heterocycles. The molecular weight excluding hydrogens is 472 g/mol. The second-order valence-corrected chi connectivity index (χ2v) is 17.2. The Balaban J connectivity index is 1.94. The van der Waals surface area contributed by atoms with Gasteiger partial charge in [0.15, 0.2) is 11.4 Å². The van der Waals surface area contributed by atoms with Crippen molar-refractivity contribution >= 4 is 19.4 Å². The lowest BCUT2D eigenvalue weighted by molar-refractivity contribution is -0.118. The molecule has 0 unspecified atom stereocenters. The molecule has 0 N–H and O–H groups in total. The summed E-state index contributed by atoms with van der Waals surface area (Å²) in [6.07, 6.45) is 0. The number of fused-ring (bicyclic) bond motifs is 3. The van der Waals surface area contributed by atoms with Crippen molar-refractivity contribution in [1.82, 2.24) is 0 Å². The SMILES string of the molecule is COc1ccc([C@@]23Oc4ccccc4C2=C([Si](C(C)C)(C(C)C)C(C)C)C(=O)[C@H]3c2ccccc2)cc1. The first-order valence-electron chi connectivity index (χ1n) is 13.5. The highest BCUT2D eigenvalue weighted by Crippen LogP contribution is 2.66. The molecular formula is C33H38O3Si. The van der Waals surface area contributed by atoms with E-state index in [-0.39, 0.29) is 5.78 Å². The summed E-state index contributed by atoms with van der Waals surface area (Å²) in [5.41, 5.74) is 4.45. The Morgan fingerprint density at radius 1 is 0.784 bits per heavy atom. The number of ether oxygens (including phenoxy) is 2. The minimum Gasteiger partial charge on any atom is -0.497 e. The molecule has 0 spiro atoms. The Morgan fingerprint density at radius 3 is 1.92 bits per heavy atom. The molecule has 5 rings (SSSR count). The predicted octanol–water partition coefficient (Wildman–Crippen LogP) is 8.32. The number of Topliss-reactive ketones (excluding diaryl/α,β-unsaturated/α-hetero) is 1. The first-order chi connectivity index (χ1) is 17.7. The Bertz CT molecular complexity index is 1320. The average molecular weight is 511 g/mol. The van der Waals surface area contributed by atoms with Gasteiger partial charge in [0, 0.05) is 16.7 Å². The first-order valence-corrected chi connectivity index (χ1v) is 15.7. The summed E-state index contributed by atoms with van der Waals surface area (Å²) in [5.74, 6) is 1.44. The van der Waals surface area contributed by atoms with Gasteiger partial charge in [-0.1, -0.05) is 102 Å². The molecule has 2 aliphatic rings. The molecule has 4 heteroatoms. The van der Waals surface area contributed by atoms with E-state index in [1.165, 1.54) is 0 Å². The van der Waals surface area contributed by atoms with Crippen LogP contribution in [0, 0.1) is 0 Å². The molecule has 0 amide bonds. The molecule has 1 aliphatic heterocycles. The van der Waals surface area contributed by atoms with Crippen molar-refractivity contribution in [2.75, 3.05) is 7.11 Å². The maximum Gasteiger partial charge on any atom is 0.174 e. The van der Waals surface area contributed by atoms with Crippen LogP contribution in [0.4, 0.5) is 0 Å². The van der Waals surface area contributed by atoms with E-state index in [1.54, 1.807) is 7.11 Å². The minimum atomic E-state index is -2.36. The van der Waals surface area contributed by atoms with Crippen LogP contribution >= 0.6 is 0 Å². The molecule has 3 aromatic carbocycles. The second-order valence-electron chi connectivity index (χ2n) is 11.4. The highest BCUT2D eigenvalue weighted by molar-refractivity contribution is 6.95. The summed E-state index contributed by atoms with van der Waals surface area (Å²) < 4.78 is 12.6. The van der Waals surface area contributed by atoms with Gasteiger partial charge in [-0.2, -0.15) is 0 Å². The van der Waals surface area contributed by atoms with Crippen LogP contribution in [-0.4, -0.2) is 21.0 Å². The summed E-state index contributed by atoms with van der Waals surface area (Å²) in [6, 6.07) is 26.7. The van der Waals surface area contributed by atoms with Gasteiger partial charge in [-0.15, -0.1) is 0 Å². The highest BCUT2D eigenvalue weighted by atomic mass is 28.3. The van der Waals surface area contributed by atoms with Gasteiger partial charge in [0.1, 0.15) is 11.5 Å². The van der Waals surface area contributed by atoms with E-state index in [0.717, 1.165) is 39.0 Å². The zero-order valence-corrected chi connectivity index (χ0v) is 24.0. The number of hydrogen-bond donors (Lipinski definition) is 0. The van der Waals surface area contributed by atoms with Crippen LogP contribution in [0.15, 0.2) is 84.1 Å². The molecule has 1 aliphatic carbocycles. The third kappa shape index (κ3) is 3.48. The molecule has 192 valence electrons. The van der Waals surface area contributed by atoms with Gasteiger partial charge in [0.05, 0.1) is 21.1 Å². The second kappa shape index (κ2) is 9.32. The fourth-order valence-corrected chi connectivity index (χ4v) is 14.8. The number of hydrogen-bond acceptors (Lipinski definition) is 3. The summed E-state index contributed by atoms with van der Waals surface area (Å²) >= 11 is 0. The van der Waals surface area contributed by atoms with E-state index in [1.807, 2.05) is 36.4 Å². The lowest BCUT2D eigenvalue weighted by Gasteiger charge is -2.44. The smallest absolute Gasteiger partial charge is 0.174 e. The van der Waals surface area contributed by atoms with Crippen LogP contribution in [0.25, 0.3) is 5.57 Å². The van der Waals surface area contributed by atoms with Gasteiger partial charge in [-0.25, -0.2) is 0 Å². The summed E-state index contributed by atoms with van der Waals surface area (Å²) in [7, 11) is -0.680. The van der Waals surface area contributed by atoms with E-state index < -0.39 is 19.6 Å². The number of carbonyl (C=O) groups excluding carboxylic acids is 1. The minimum absolute atomic E-state index is 0.245. The first kappa shape index (κ1) is 25.5. The monoisotopic (exact) mass is 510 g/mol. The van der Waals surface area contributed by atoms with Gasteiger partial charge in [0.25, 0.3) is 0 Å². The quantitative estimate of drug-likeness (QED) is 0.300. The van der Waals surface area contributed by atoms with Crippen molar-refractivity contribution < 1.29 is 14.3 Å². The van der Waals surface area contributed by atoms with Crippen LogP contribution in [0.1, 0.15) is 64.2 Å². The Morgan fingerprint density at radius 2 is 1.35 bits per heavy atom. The number of allylic oxidation sites excluding steroid dienone is 1. The molecule has 0 saturated heterocycles. The van der Waals surface area contributed by atoms with E-state index >= 15 is 4.79 Å². The van der Waals surface area contributed by atoms with Crippen molar-refractivity contribution in [3.63, 3.8) is 0 Å². The molecule has 2 atom stereocenters. The van der Waals surface area contributed by atoms with Gasteiger partial charge in [0.2, 0.25) is 0 Å². The van der Waals surface area contributed by atoms with Crippen LogP contribution in [-0.2, 0) is 10.4 Å². The molecule has 0 bridgehead atoms. The van der Waals surface area contributed by atoms with Crippen LogP contribution < -0.4 is 9.47 Å². The predicted molar refractivity (Wildman–Crippen MR) is 154 cm³/mol. The van der Waals surface area contributed by atoms with Crippen LogP contribution in [0.3, 0.4) is 0 Å². The van der Waals surface area contributed by atoms with Crippen molar-refractivity contribution in [2.45, 2.75) is 69.7 Å². The number of ketones is 1. The van der Waals surface area contributed by atoms with Crippen LogP contribution in [0.2, 0.25) is 16.6 Å². The van der Waals surface area contributed by atoms with Crippen molar-refractivity contribution in [3.8, 4) is 11.5 Å². The highest BCUT2D eigenvalue weighted by Gasteiger charge is 2.66. The van der Waals surface area contributed by atoms with E-state index in [0.29, 0.717) is 16.6 Å². The summed E-state index contributed by atoms with van der Waals surface area (Å²) in [4.78, 5) is 15.1. The number of rotatable bonds is 7. The average Bonchev–Trinajstić information content (AvgIpc) is 3.34. The van der Waals surface area contributed by atoms with Crippen molar-refractivity contribution in [3.05, 3.63) is 101 Å². The summed E-state index contributed by atoms with van der Waals surface area (Å²) in [5, 5.41) is 1.09. The van der Waals surface area contributed by atoms with E-state index in [4.69, 9.17) is 9.47 Å². The molecule has 0 fully saturated rings. The maximum atomic E-state index is 15.1. The standard InChI is InChI=1S/C33H38O3Si/c1-21(2)37(22(3)4,23(5)6)32-30-27-15-11-12-16-28(27)36-33(30,25-17-19-26(35-7)20-18-25)29(31(32)34)24-13-9-8-10-14-24/h8-23,29H,1-7H3/t29-,33+/m1/s1. The van der Waals surface area contributed by atoms with Gasteiger partial charge in [-0.3, -0.25) is 4.79 Å². The third-order valence-electron chi connectivity index (χ3n) is 8.91. The lowest BCUT2D eigenvalue weighted by Crippen LogP contribution is -2.49. The summed E-state index contributed by atoms with van der Waals surface area (Å²) in [6.45, 7) is 14.0. The van der Waals surface area contributed by atoms with E-state index in [2.05, 4.69) is 84.0 Å². The third-order valence-corrected chi connectivity index (χ3v) is 16.0. The number of para-hydroxylation sites is 1. The van der Waals surface area contributed by atoms with Crippen molar-refractivity contribution in [1.29, 1.82) is 0 Å². The number of methoxy groups -OCH3 is 1. The topological polar surface area (TPSA) is 35.5 Å². The van der Waals surface area contributed by atoms with Crippen LogP contribution in [0.5, 0.6) is 11.5 Å². The largest absolute Gasteiger partial charge is 0.497 e. The zero-order chi connectivity index (χ0) is 26.5. The number of carbonyl (C=O) groups is 1. The molecule has 37 heavy (non-hydrogen) atoms. The Hall–Kier alpha value is -3.11. The molecule has 0 saturated carbocycles. The molecule has 1 heterocycles. The number of benzene rings is 3.